The van der Waals surface area contributed by atoms with Gasteiger partial charge in [0.25, 0.3) is 5.69 Å². The Hall–Kier alpha value is -2.48. The molecule has 0 aliphatic rings. The summed E-state index contributed by atoms with van der Waals surface area (Å²) < 4.78 is 0. The lowest BCUT2D eigenvalue weighted by Crippen LogP contribution is -2.01. The van der Waals surface area contributed by atoms with Crippen LogP contribution in [0.4, 0.5) is 5.69 Å². The van der Waals surface area contributed by atoms with Gasteiger partial charge in [-0.3, -0.25) is 15.1 Å². The summed E-state index contributed by atoms with van der Waals surface area (Å²) in [4.78, 5) is 29.1. The molecule has 7 nitrogen and oxygen atoms in total. The lowest BCUT2D eigenvalue weighted by atomic mass is 10.3. The largest absolute Gasteiger partial charge is 0.476 e. The predicted molar refractivity (Wildman–Crippen MR) is 66.2 cm³/mol. The van der Waals surface area contributed by atoms with Crippen molar-refractivity contribution >= 4 is 23.4 Å². The number of carboxylic acids is 1. The molecular weight excluding hydrogens is 270 g/mol. The zero-order valence-electron chi connectivity index (χ0n) is 9.39. The van der Waals surface area contributed by atoms with Gasteiger partial charge in [-0.1, -0.05) is 11.8 Å². The minimum absolute atomic E-state index is 0.00489. The summed E-state index contributed by atoms with van der Waals surface area (Å²) in [5.74, 6) is -1.15. The quantitative estimate of drug-likeness (QED) is 0.674. The first-order valence-electron chi connectivity index (χ1n) is 5.04. The zero-order chi connectivity index (χ0) is 13.8. The first-order chi connectivity index (χ1) is 9.06. The van der Waals surface area contributed by atoms with Crippen molar-refractivity contribution in [2.75, 3.05) is 0 Å². The van der Waals surface area contributed by atoms with Crippen molar-refractivity contribution in [2.45, 2.75) is 9.92 Å². The average Bonchev–Trinajstić information content (AvgIpc) is 2.39. The van der Waals surface area contributed by atoms with Gasteiger partial charge in [0.15, 0.2) is 5.69 Å². The number of nitro benzene ring substituents is 1. The number of hydrogen-bond acceptors (Lipinski definition) is 6. The van der Waals surface area contributed by atoms with Crippen molar-refractivity contribution in [3.05, 3.63) is 52.5 Å². The number of nitro groups is 1. The molecule has 0 saturated carbocycles. The van der Waals surface area contributed by atoms with E-state index in [9.17, 15) is 14.9 Å². The molecule has 19 heavy (non-hydrogen) atoms. The van der Waals surface area contributed by atoms with Gasteiger partial charge in [-0.25, -0.2) is 9.78 Å². The van der Waals surface area contributed by atoms with Crippen LogP contribution >= 0.6 is 11.8 Å². The van der Waals surface area contributed by atoms with Gasteiger partial charge in [-0.2, -0.15) is 0 Å². The van der Waals surface area contributed by atoms with E-state index in [4.69, 9.17) is 5.11 Å². The Morgan fingerprint density at radius 1 is 1.26 bits per heavy atom. The maximum atomic E-state index is 10.7. The number of benzene rings is 1. The van der Waals surface area contributed by atoms with Crippen LogP contribution in [0.5, 0.6) is 0 Å². The molecule has 1 aromatic heterocycles. The van der Waals surface area contributed by atoms with E-state index < -0.39 is 10.9 Å². The van der Waals surface area contributed by atoms with Crippen LogP contribution in [-0.2, 0) is 0 Å². The molecule has 8 heteroatoms. The summed E-state index contributed by atoms with van der Waals surface area (Å²) in [6.07, 6.45) is 2.58. The van der Waals surface area contributed by atoms with Crippen molar-refractivity contribution in [1.82, 2.24) is 9.97 Å². The molecule has 0 atom stereocenters. The molecule has 0 unspecified atom stereocenters. The number of carbonyl (C=O) groups is 1. The van der Waals surface area contributed by atoms with Crippen LogP contribution in [-0.4, -0.2) is 26.0 Å². The molecule has 0 saturated heterocycles. The Morgan fingerprint density at radius 3 is 2.53 bits per heavy atom. The molecule has 1 aromatic carbocycles. The minimum Gasteiger partial charge on any atom is -0.476 e. The predicted octanol–water partition coefficient (Wildman–Crippen LogP) is 2.23. The highest BCUT2D eigenvalue weighted by Gasteiger charge is 2.08. The highest BCUT2D eigenvalue weighted by molar-refractivity contribution is 7.99. The highest BCUT2D eigenvalue weighted by atomic mass is 32.2. The van der Waals surface area contributed by atoms with E-state index >= 15 is 0 Å². The molecule has 2 aromatic rings. The highest BCUT2D eigenvalue weighted by Crippen LogP contribution is 2.27. The maximum Gasteiger partial charge on any atom is 0.356 e. The second-order valence-corrected chi connectivity index (χ2v) is 4.49. The molecule has 1 N–H and O–H groups in total. The SMILES string of the molecule is O=C(O)c1cncc(Sc2ccc([N+](=O)[O-])cc2)n1. The monoisotopic (exact) mass is 277 g/mol. The Balaban J connectivity index is 2.19. The Labute approximate surface area is 111 Å². The van der Waals surface area contributed by atoms with E-state index in [-0.39, 0.29) is 11.4 Å². The average molecular weight is 277 g/mol. The second-order valence-electron chi connectivity index (χ2n) is 3.40. The van der Waals surface area contributed by atoms with E-state index in [2.05, 4.69) is 9.97 Å². The molecule has 0 radical (unpaired) electrons. The van der Waals surface area contributed by atoms with E-state index in [1.165, 1.54) is 30.1 Å². The van der Waals surface area contributed by atoms with Gasteiger partial charge in [-0.15, -0.1) is 0 Å². The molecule has 0 bridgehead atoms. The van der Waals surface area contributed by atoms with Crippen LogP contribution < -0.4 is 0 Å². The third-order valence-electron chi connectivity index (χ3n) is 2.10. The molecule has 0 spiro atoms. The Morgan fingerprint density at radius 2 is 1.95 bits per heavy atom. The number of aromatic carboxylic acids is 1. The molecule has 0 fully saturated rings. The fourth-order valence-electron chi connectivity index (χ4n) is 1.26. The van der Waals surface area contributed by atoms with E-state index in [0.717, 1.165) is 6.20 Å². The van der Waals surface area contributed by atoms with Gasteiger partial charge in [0.2, 0.25) is 0 Å². The number of aromatic nitrogens is 2. The van der Waals surface area contributed by atoms with Crippen LogP contribution in [0.3, 0.4) is 0 Å². The van der Waals surface area contributed by atoms with Gasteiger partial charge in [0, 0.05) is 17.0 Å². The molecule has 1 heterocycles. The van der Waals surface area contributed by atoms with Crippen LogP contribution in [0.15, 0.2) is 46.6 Å². The number of non-ortho nitro benzene ring substituents is 1. The van der Waals surface area contributed by atoms with Crippen LogP contribution in [0, 0.1) is 10.1 Å². The third-order valence-corrected chi connectivity index (χ3v) is 3.02. The van der Waals surface area contributed by atoms with E-state index in [0.29, 0.717) is 9.92 Å². The Kier molecular flexibility index (Phi) is 3.71. The zero-order valence-corrected chi connectivity index (χ0v) is 10.2. The maximum absolute atomic E-state index is 10.7. The first kappa shape index (κ1) is 13.0. The number of rotatable bonds is 4. The van der Waals surface area contributed by atoms with Crippen molar-refractivity contribution in [1.29, 1.82) is 0 Å². The van der Waals surface area contributed by atoms with Gasteiger partial charge >= 0.3 is 5.97 Å². The second kappa shape index (κ2) is 5.44. The number of nitrogens with zero attached hydrogens (tertiary/aromatic N) is 3. The smallest absolute Gasteiger partial charge is 0.356 e. The van der Waals surface area contributed by atoms with Crippen LogP contribution in [0.25, 0.3) is 0 Å². The molecular formula is C11H7N3O4S. The summed E-state index contributed by atoms with van der Waals surface area (Å²) in [5.41, 5.74) is -0.151. The summed E-state index contributed by atoms with van der Waals surface area (Å²) in [7, 11) is 0. The molecule has 0 aliphatic carbocycles. The normalized spacial score (nSPS) is 10.1. The van der Waals surface area contributed by atoms with Gasteiger partial charge in [0.05, 0.1) is 17.3 Å². The van der Waals surface area contributed by atoms with Crippen molar-refractivity contribution in [2.24, 2.45) is 0 Å². The van der Waals surface area contributed by atoms with Gasteiger partial charge < -0.3 is 5.11 Å². The minimum atomic E-state index is -1.15. The van der Waals surface area contributed by atoms with Crippen molar-refractivity contribution in [3.63, 3.8) is 0 Å². The summed E-state index contributed by atoms with van der Waals surface area (Å²) >= 11 is 1.18. The lowest BCUT2D eigenvalue weighted by molar-refractivity contribution is -0.384. The molecule has 96 valence electrons. The number of hydrogen-bond donors (Lipinski definition) is 1. The molecule has 0 amide bonds. The van der Waals surface area contributed by atoms with E-state index in [1.807, 2.05) is 0 Å². The van der Waals surface area contributed by atoms with Crippen LogP contribution in [0.2, 0.25) is 0 Å². The lowest BCUT2D eigenvalue weighted by Gasteiger charge is -2.01. The fraction of sp³-hybridized carbons (Fsp3) is 0. The molecule has 0 aliphatic heterocycles. The standard InChI is InChI=1S/C11H7N3O4S/c15-11(16)9-5-12-6-10(13-9)19-8-3-1-7(2-4-8)14(17)18/h1-6H,(H,15,16). The van der Waals surface area contributed by atoms with Crippen molar-refractivity contribution in [3.8, 4) is 0 Å². The Bertz CT molecular complexity index is 630. The summed E-state index contributed by atoms with van der Waals surface area (Å²) in [5, 5.41) is 19.7. The van der Waals surface area contributed by atoms with Gasteiger partial charge in [-0.05, 0) is 12.1 Å². The third kappa shape index (κ3) is 3.26. The molecule has 2 rings (SSSR count). The first-order valence-corrected chi connectivity index (χ1v) is 5.85. The summed E-state index contributed by atoms with van der Waals surface area (Å²) in [6.45, 7) is 0. The topological polar surface area (TPSA) is 106 Å². The van der Waals surface area contributed by atoms with E-state index in [1.54, 1.807) is 12.1 Å². The summed E-state index contributed by atoms with van der Waals surface area (Å²) in [6, 6.07) is 5.88. The van der Waals surface area contributed by atoms with Crippen LogP contribution in [0.1, 0.15) is 10.5 Å². The fourth-order valence-corrected chi connectivity index (χ4v) is 2.03. The number of carboxylic acid groups (broad SMARTS) is 1. The van der Waals surface area contributed by atoms with Gasteiger partial charge in [0.1, 0.15) is 5.03 Å². The van der Waals surface area contributed by atoms with Crippen molar-refractivity contribution < 1.29 is 14.8 Å².